The number of hydrogen-bond donors (Lipinski definition) is 2. The topological polar surface area (TPSA) is 75.4 Å². The van der Waals surface area contributed by atoms with Crippen LogP contribution >= 0.6 is 12.2 Å². The van der Waals surface area contributed by atoms with Gasteiger partial charge in [-0.3, -0.25) is 0 Å². The summed E-state index contributed by atoms with van der Waals surface area (Å²) in [5.74, 6) is 0. The summed E-state index contributed by atoms with van der Waals surface area (Å²) in [6.45, 7) is 2.14. The van der Waals surface area contributed by atoms with Gasteiger partial charge in [-0.25, -0.2) is 4.72 Å². The third-order valence-electron chi connectivity index (χ3n) is 1.28. The van der Waals surface area contributed by atoms with E-state index in [1.54, 1.807) is 6.92 Å². The second-order valence-electron chi connectivity index (χ2n) is 2.10. The predicted octanol–water partition coefficient (Wildman–Crippen LogP) is -0.941. The molecular weight excluding hydrogens is 198 g/mol. The fourth-order valence-corrected chi connectivity index (χ4v) is 1.81. The van der Waals surface area contributed by atoms with Gasteiger partial charge in [0.2, 0.25) is 0 Å². The fourth-order valence-electron chi connectivity index (χ4n) is 0.670. The van der Waals surface area contributed by atoms with Gasteiger partial charge >= 0.3 is 0 Å². The van der Waals surface area contributed by atoms with Crippen LogP contribution in [0.5, 0.6) is 0 Å². The molecule has 7 heteroatoms. The van der Waals surface area contributed by atoms with Crippen molar-refractivity contribution >= 4 is 27.4 Å². The largest absolute Gasteiger partial charge is 0.392 e. The zero-order valence-electron chi connectivity index (χ0n) is 7.07. The zero-order chi connectivity index (χ0) is 9.78. The van der Waals surface area contributed by atoms with Crippen molar-refractivity contribution in [3.63, 3.8) is 0 Å². The van der Waals surface area contributed by atoms with Gasteiger partial charge in [-0.05, 0) is 0 Å². The van der Waals surface area contributed by atoms with Crippen molar-refractivity contribution in [3.8, 4) is 0 Å². The highest BCUT2D eigenvalue weighted by Crippen LogP contribution is 1.95. The van der Waals surface area contributed by atoms with Crippen LogP contribution in [0.25, 0.3) is 0 Å². The van der Waals surface area contributed by atoms with Crippen LogP contribution in [0.3, 0.4) is 0 Å². The Bertz CT molecular complexity index is 249. The van der Waals surface area contributed by atoms with Crippen molar-refractivity contribution in [2.75, 3.05) is 20.1 Å². The normalized spacial score (nSPS) is 11.9. The van der Waals surface area contributed by atoms with E-state index >= 15 is 0 Å². The summed E-state index contributed by atoms with van der Waals surface area (Å²) in [6, 6.07) is 0. The van der Waals surface area contributed by atoms with Crippen LogP contribution in [-0.4, -0.2) is 37.8 Å². The van der Waals surface area contributed by atoms with E-state index in [0.717, 1.165) is 4.31 Å². The molecule has 0 saturated carbocycles. The van der Waals surface area contributed by atoms with E-state index < -0.39 is 10.2 Å². The minimum Gasteiger partial charge on any atom is -0.392 e. The lowest BCUT2D eigenvalue weighted by Crippen LogP contribution is -2.42. The van der Waals surface area contributed by atoms with Crippen LogP contribution in [0.4, 0.5) is 0 Å². The average molecular weight is 211 g/mol. The Morgan fingerprint density at radius 1 is 1.67 bits per heavy atom. The van der Waals surface area contributed by atoms with E-state index in [4.69, 9.17) is 5.73 Å². The summed E-state index contributed by atoms with van der Waals surface area (Å²) in [5.41, 5.74) is 5.22. The standard InChI is InChI=1S/C5H13N3O2S2/c1-3-8(4-5(6)11)12(9,10)7-2/h7H,3-4H2,1-2H3,(H2,6,11). The maximum Gasteiger partial charge on any atom is 0.279 e. The van der Waals surface area contributed by atoms with E-state index in [0.29, 0.717) is 6.54 Å². The number of nitrogens with one attached hydrogen (secondary N) is 1. The number of nitrogens with zero attached hydrogens (tertiary/aromatic N) is 1. The summed E-state index contributed by atoms with van der Waals surface area (Å²) in [7, 11) is -2.04. The van der Waals surface area contributed by atoms with Crippen LogP contribution < -0.4 is 10.5 Å². The summed E-state index contributed by atoms with van der Waals surface area (Å²) < 4.78 is 25.7. The molecule has 0 heterocycles. The summed E-state index contributed by atoms with van der Waals surface area (Å²) >= 11 is 4.60. The molecule has 0 rings (SSSR count). The average Bonchev–Trinajstić information content (AvgIpc) is 1.99. The first-order valence-corrected chi connectivity index (χ1v) is 5.25. The highest BCUT2D eigenvalue weighted by Gasteiger charge is 2.17. The Balaban J connectivity index is 4.46. The van der Waals surface area contributed by atoms with Crippen molar-refractivity contribution in [2.45, 2.75) is 6.92 Å². The monoisotopic (exact) mass is 211 g/mol. The van der Waals surface area contributed by atoms with E-state index in [1.165, 1.54) is 7.05 Å². The van der Waals surface area contributed by atoms with Crippen LogP contribution in [0.15, 0.2) is 0 Å². The molecule has 3 N–H and O–H groups in total. The molecule has 0 unspecified atom stereocenters. The molecule has 0 bridgehead atoms. The molecule has 0 saturated heterocycles. The van der Waals surface area contributed by atoms with Gasteiger partial charge in [0.25, 0.3) is 10.2 Å². The molecule has 0 aromatic heterocycles. The van der Waals surface area contributed by atoms with E-state index in [-0.39, 0.29) is 11.5 Å². The molecule has 0 aliphatic rings. The molecule has 0 fully saturated rings. The molecule has 0 amide bonds. The van der Waals surface area contributed by atoms with Gasteiger partial charge in [0.05, 0.1) is 11.5 Å². The summed E-state index contributed by atoms with van der Waals surface area (Å²) in [6.07, 6.45) is 0. The van der Waals surface area contributed by atoms with Gasteiger partial charge in [0, 0.05) is 13.6 Å². The minimum atomic E-state index is -3.39. The first kappa shape index (κ1) is 11.8. The Labute approximate surface area is 78.1 Å². The predicted molar refractivity (Wildman–Crippen MR) is 52.0 cm³/mol. The van der Waals surface area contributed by atoms with Crippen LogP contribution in [0.1, 0.15) is 6.92 Å². The van der Waals surface area contributed by atoms with E-state index in [9.17, 15) is 8.42 Å². The Hall–Kier alpha value is -0.240. The molecular formula is C5H13N3O2S2. The van der Waals surface area contributed by atoms with Gasteiger partial charge in [0.1, 0.15) is 0 Å². The second kappa shape index (κ2) is 4.70. The first-order valence-electron chi connectivity index (χ1n) is 3.41. The Morgan fingerprint density at radius 2 is 2.17 bits per heavy atom. The van der Waals surface area contributed by atoms with Gasteiger partial charge < -0.3 is 5.73 Å². The van der Waals surface area contributed by atoms with Crippen LogP contribution in [-0.2, 0) is 10.2 Å². The number of hydrogen-bond acceptors (Lipinski definition) is 3. The first-order chi connectivity index (χ1) is 5.44. The van der Waals surface area contributed by atoms with Crippen molar-refractivity contribution in [2.24, 2.45) is 5.73 Å². The van der Waals surface area contributed by atoms with E-state index in [2.05, 4.69) is 16.9 Å². The molecule has 0 aliphatic heterocycles. The molecule has 0 aromatic carbocycles. The molecule has 0 radical (unpaired) electrons. The lowest BCUT2D eigenvalue weighted by molar-refractivity contribution is 0.460. The molecule has 0 atom stereocenters. The number of thiocarbonyl (C=S) groups is 1. The highest BCUT2D eigenvalue weighted by atomic mass is 32.2. The fraction of sp³-hybridized carbons (Fsp3) is 0.800. The number of likely N-dealkylation sites (N-methyl/N-ethyl adjacent to an activating group) is 1. The molecule has 0 spiro atoms. The van der Waals surface area contributed by atoms with Gasteiger partial charge in [-0.2, -0.15) is 12.7 Å². The Kier molecular flexibility index (Phi) is 4.61. The summed E-state index contributed by atoms with van der Waals surface area (Å²) in [4.78, 5) is 0.163. The quantitative estimate of drug-likeness (QED) is 0.575. The van der Waals surface area contributed by atoms with Crippen LogP contribution in [0, 0.1) is 0 Å². The molecule has 5 nitrogen and oxygen atoms in total. The minimum absolute atomic E-state index is 0.0784. The van der Waals surface area contributed by atoms with Crippen molar-refractivity contribution in [3.05, 3.63) is 0 Å². The molecule has 72 valence electrons. The molecule has 12 heavy (non-hydrogen) atoms. The van der Waals surface area contributed by atoms with Crippen LogP contribution in [0.2, 0.25) is 0 Å². The second-order valence-corrected chi connectivity index (χ2v) is 4.50. The number of nitrogens with two attached hydrogens (primary N) is 1. The van der Waals surface area contributed by atoms with Crippen molar-refractivity contribution in [1.82, 2.24) is 9.03 Å². The Morgan fingerprint density at radius 3 is 2.42 bits per heavy atom. The SMILES string of the molecule is CCN(CC(N)=S)S(=O)(=O)NC. The smallest absolute Gasteiger partial charge is 0.279 e. The zero-order valence-corrected chi connectivity index (χ0v) is 8.70. The van der Waals surface area contributed by atoms with Gasteiger partial charge in [-0.1, -0.05) is 19.1 Å². The van der Waals surface area contributed by atoms with Crippen molar-refractivity contribution < 1.29 is 8.42 Å². The number of rotatable bonds is 5. The third kappa shape index (κ3) is 3.44. The van der Waals surface area contributed by atoms with Gasteiger partial charge in [-0.15, -0.1) is 0 Å². The van der Waals surface area contributed by atoms with Crippen molar-refractivity contribution in [1.29, 1.82) is 0 Å². The maximum atomic E-state index is 11.2. The lowest BCUT2D eigenvalue weighted by atomic mass is 10.6. The van der Waals surface area contributed by atoms with Gasteiger partial charge in [0.15, 0.2) is 0 Å². The lowest BCUT2D eigenvalue weighted by Gasteiger charge is -2.18. The highest BCUT2D eigenvalue weighted by molar-refractivity contribution is 7.87. The van der Waals surface area contributed by atoms with E-state index in [1.807, 2.05) is 0 Å². The molecule has 0 aromatic rings. The summed E-state index contributed by atoms with van der Waals surface area (Å²) in [5, 5.41) is 0. The molecule has 0 aliphatic carbocycles. The third-order valence-corrected chi connectivity index (χ3v) is 2.99. The maximum absolute atomic E-state index is 11.2.